The van der Waals surface area contributed by atoms with Crippen LogP contribution in [0.3, 0.4) is 0 Å². The highest BCUT2D eigenvalue weighted by Crippen LogP contribution is 2.35. The monoisotopic (exact) mass is 391 g/mol. The van der Waals surface area contributed by atoms with Gasteiger partial charge in [-0.25, -0.2) is 0 Å². The van der Waals surface area contributed by atoms with Crippen LogP contribution in [-0.2, 0) is 20.0 Å². The summed E-state index contributed by atoms with van der Waals surface area (Å²) in [6, 6.07) is 0. The molecule has 3 nitrogen and oxygen atoms in total. The standard InChI is InChI=1S/C14H23Br2N3/c1-5-10-13(16)11(18(4)17-10)8-19-7-6-12(15)14(2,3)9-19/h12H,5-9H2,1-4H3. The van der Waals surface area contributed by atoms with Gasteiger partial charge in [-0.15, -0.1) is 0 Å². The molecule has 2 heterocycles. The lowest BCUT2D eigenvalue weighted by atomic mass is 9.84. The number of piperidine rings is 1. The van der Waals surface area contributed by atoms with Crippen LogP contribution < -0.4 is 0 Å². The predicted molar refractivity (Wildman–Crippen MR) is 86.7 cm³/mol. The first-order chi connectivity index (χ1) is 8.85. The first-order valence-electron chi connectivity index (χ1n) is 6.92. The molecule has 1 aromatic rings. The molecule has 0 amide bonds. The molecule has 0 N–H and O–H groups in total. The summed E-state index contributed by atoms with van der Waals surface area (Å²) in [7, 11) is 2.04. The molecule has 0 aromatic carbocycles. The van der Waals surface area contributed by atoms with Gasteiger partial charge in [0.1, 0.15) is 0 Å². The van der Waals surface area contributed by atoms with Gasteiger partial charge in [-0.2, -0.15) is 5.10 Å². The molecule has 1 unspecified atom stereocenters. The summed E-state index contributed by atoms with van der Waals surface area (Å²) in [5.41, 5.74) is 2.78. The van der Waals surface area contributed by atoms with Gasteiger partial charge in [0.05, 0.1) is 15.9 Å². The van der Waals surface area contributed by atoms with Crippen LogP contribution in [0.2, 0.25) is 0 Å². The largest absolute Gasteiger partial charge is 0.297 e. The topological polar surface area (TPSA) is 21.1 Å². The second-order valence-corrected chi connectivity index (χ2v) is 8.04. The molecule has 1 atom stereocenters. The Hall–Kier alpha value is 0.130. The summed E-state index contributed by atoms with van der Waals surface area (Å²) in [6.45, 7) is 10.1. The Morgan fingerprint density at radius 1 is 1.42 bits per heavy atom. The smallest absolute Gasteiger partial charge is 0.0767 e. The van der Waals surface area contributed by atoms with Gasteiger partial charge in [0.15, 0.2) is 0 Å². The molecular weight excluding hydrogens is 370 g/mol. The average Bonchev–Trinajstić information content (AvgIpc) is 2.61. The molecule has 0 bridgehead atoms. The van der Waals surface area contributed by atoms with Crippen LogP contribution >= 0.6 is 31.9 Å². The molecule has 1 aromatic heterocycles. The molecule has 2 rings (SSSR count). The van der Waals surface area contributed by atoms with Crippen molar-refractivity contribution < 1.29 is 0 Å². The van der Waals surface area contributed by atoms with Gasteiger partial charge in [-0.3, -0.25) is 9.58 Å². The Morgan fingerprint density at radius 3 is 2.63 bits per heavy atom. The van der Waals surface area contributed by atoms with E-state index < -0.39 is 0 Å². The van der Waals surface area contributed by atoms with Crippen molar-refractivity contribution in [2.45, 2.75) is 45.0 Å². The summed E-state index contributed by atoms with van der Waals surface area (Å²) >= 11 is 7.52. The zero-order chi connectivity index (χ0) is 14.2. The van der Waals surface area contributed by atoms with E-state index in [4.69, 9.17) is 0 Å². The summed E-state index contributed by atoms with van der Waals surface area (Å²) in [5.74, 6) is 0. The molecule has 1 saturated heterocycles. The molecule has 1 aliphatic heterocycles. The van der Waals surface area contributed by atoms with E-state index in [0.717, 1.165) is 31.7 Å². The number of hydrogen-bond donors (Lipinski definition) is 0. The van der Waals surface area contributed by atoms with Crippen molar-refractivity contribution in [1.29, 1.82) is 0 Å². The van der Waals surface area contributed by atoms with E-state index in [-0.39, 0.29) is 0 Å². The van der Waals surface area contributed by atoms with Crippen molar-refractivity contribution in [2.24, 2.45) is 12.5 Å². The molecule has 108 valence electrons. The Balaban J connectivity index is 2.12. The lowest BCUT2D eigenvalue weighted by Gasteiger charge is -2.41. The molecule has 0 aliphatic carbocycles. The minimum atomic E-state index is 0.330. The third kappa shape index (κ3) is 3.24. The highest BCUT2D eigenvalue weighted by molar-refractivity contribution is 9.10. The van der Waals surface area contributed by atoms with Gasteiger partial charge in [-0.1, -0.05) is 36.7 Å². The molecule has 0 saturated carbocycles. The van der Waals surface area contributed by atoms with Crippen LogP contribution in [0.15, 0.2) is 4.47 Å². The molecule has 0 spiro atoms. The molecule has 1 aliphatic rings. The lowest BCUT2D eigenvalue weighted by molar-refractivity contribution is 0.118. The molecule has 0 radical (unpaired) electrons. The van der Waals surface area contributed by atoms with Gasteiger partial charge in [-0.05, 0) is 40.7 Å². The fourth-order valence-corrected chi connectivity index (χ4v) is 3.87. The number of aryl methyl sites for hydroxylation is 2. The number of rotatable bonds is 3. The van der Waals surface area contributed by atoms with E-state index in [1.165, 1.54) is 16.6 Å². The Morgan fingerprint density at radius 2 is 2.11 bits per heavy atom. The highest BCUT2D eigenvalue weighted by atomic mass is 79.9. The lowest BCUT2D eigenvalue weighted by Crippen LogP contribution is -2.46. The van der Waals surface area contributed by atoms with E-state index in [1.807, 2.05) is 11.7 Å². The van der Waals surface area contributed by atoms with Crippen LogP contribution in [-0.4, -0.2) is 32.6 Å². The third-order valence-corrected chi connectivity index (χ3v) is 6.67. The van der Waals surface area contributed by atoms with Crippen LogP contribution in [0.4, 0.5) is 0 Å². The zero-order valence-corrected chi connectivity index (χ0v) is 15.4. The predicted octanol–water partition coefficient (Wildman–Crippen LogP) is 3.74. The second kappa shape index (κ2) is 5.86. The summed E-state index contributed by atoms with van der Waals surface area (Å²) in [6.07, 6.45) is 2.19. The van der Waals surface area contributed by atoms with E-state index in [9.17, 15) is 0 Å². The number of hydrogen-bond acceptors (Lipinski definition) is 2. The first kappa shape index (κ1) is 15.5. The van der Waals surface area contributed by atoms with Crippen LogP contribution in [0, 0.1) is 5.41 Å². The number of alkyl halides is 1. The quantitative estimate of drug-likeness (QED) is 0.730. The van der Waals surface area contributed by atoms with Crippen molar-refractivity contribution in [3.8, 4) is 0 Å². The average molecular weight is 393 g/mol. The van der Waals surface area contributed by atoms with E-state index in [2.05, 4.69) is 62.6 Å². The maximum absolute atomic E-state index is 4.58. The van der Waals surface area contributed by atoms with E-state index in [0.29, 0.717) is 10.2 Å². The molecule has 1 fully saturated rings. The fraction of sp³-hybridized carbons (Fsp3) is 0.786. The van der Waals surface area contributed by atoms with Crippen molar-refractivity contribution >= 4 is 31.9 Å². The number of aromatic nitrogens is 2. The Bertz CT molecular complexity index is 454. The minimum absolute atomic E-state index is 0.330. The van der Waals surface area contributed by atoms with Gasteiger partial charge in [0.25, 0.3) is 0 Å². The normalized spacial score (nSPS) is 23.8. The van der Waals surface area contributed by atoms with Gasteiger partial charge in [0, 0.05) is 25.0 Å². The van der Waals surface area contributed by atoms with Crippen molar-refractivity contribution in [3.63, 3.8) is 0 Å². The maximum Gasteiger partial charge on any atom is 0.0767 e. The maximum atomic E-state index is 4.58. The SMILES string of the molecule is CCc1nn(C)c(CN2CCC(Br)C(C)(C)C2)c1Br. The van der Waals surface area contributed by atoms with Crippen molar-refractivity contribution in [1.82, 2.24) is 14.7 Å². The van der Waals surface area contributed by atoms with Crippen molar-refractivity contribution in [2.75, 3.05) is 13.1 Å². The highest BCUT2D eigenvalue weighted by Gasteiger charge is 2.34. The number of halogens is 2. The zero-order valence-electron chi connectivity index (χ0n) is 12.2. The minimum Gasteiger partial charge on any atom is -0.297 e. The molecule has 5 heteroatoms. The van der Waals surface area contributed by atoms with Gasteiger partial charge in [0.2, 0.25) is 0 Å². The second-order valence-electron chi connectivity index (χ2n) is 6.14. The van der Waals surface area contributed by atoms with E-state index in [1.54, 1.807) is 0 Å². The summed E-state index contributed by atoms with van der Waals surface area (Å²) < 4.78 is 3.21. The third-order valence-electron chi connectivity index (χ3n) is 4.05. The molecule has 19 heavy (non-hydrogen) atoms. The van der Waals surface area contributed by atoms with Crippen LogP contribution in [0.1, 0.15) is 38.6 Å². The van der Waals surface area contributed by atoms with Gasteiger partial charge < -0.3 is 0 Å². The van der Waals surface area contributed by atoms with Crippen molar-refractivity contribution in [3.05, 3.63) is 15.9 Å². The summed E-state index contributed by atoms with van der Waals surface area (Å²) in [4.78, 5) is 3.16. The number of likely N-dealkylation sites (tertiary alicyclic amines) is 1. The Labute approximate surface area is 133 Å². The fourth-order valence-electron chi connectivity index (χ4n) is 2.78. The van der Waals surface area contributed by atoms with E-state index >= 15 is 0 Å². The van der Waals surface area contributed by atoms with Gasteiger partial charge >= 0.3 is 0 Å². The Kier molecular flexibility index (Phi) is 4.79. The first-order valence-corrected chi connectivity index (χ1v) is 8.62. The number of nitrogens with zero attached hydrogens (tertiary/aromatic N) is 3. The van der Waals surface area contributed by atoms with Crippen LogP contribution in [0.25, 0.3) is 0 Å². The summed E-state index contributed by atoms with van der Waals surface area (Å²) in [5, 5.41) is 4.58. The molecular formula is C14H23Br2N3. The van der Waals surface area contributed by atoms with Crippen LogP contribution in [0.5, 0.6) is 0 Å².